The number of aryl methyl sites for hydroxylation is 6. The van der Waals surface area contributed by atoms with Crippen LogP contribution in [0.3, 0.4) is 0 Å². The Morgan fingerprint density at radius 3 is 0.934 bits per heavy atom. The molecule has 0 amide bonds. The van der Waals surface area contributed by atoms with Crippen LogP contribution in [0.1, 0.15) is 89.6 Å². The molecule has 122 heavy (non-hydrogen) atoms. The molecule has 0 unspecified atom stereocenters. The minimum Gasteiger partial charge on any atom is -0.454 e. The zero-order chi connectivity index (χ0) is 83.4. The summed E-state index contributed by atoms with van der Waals surface area (Å²) in [5.41, 5.74) is 22.5. The highest BCUT2D eigenvalue weighted by Gasteiger charge is 2.44. The fourth-order valence-electron chi connectivity index (χ4n) is 19.5. The fraction of sp³-hybridized carbons (Fsp3) is 0.105. The average molecular weight is 1600 g/mol. The summed E-state index contributed by atoms with van der Waals surface area (Å²) in [6, 6.07) is 133. The Labute approximate surface area is 715 Å². The van der Waals surface area contributed by atoms with Crippen molar-refractivity contribution >= 4 is 174 Å². The van der Waals surface area contributed by atoms with E-state index in [0.717, 1.165) is 133 Å². The van der Waals surface area contributed by atoms with Crippen molar-refractivity contribution in [3.63, 3.8) is 0 Å². The Morgan fingerprint density at radius 1 is 0.287 bits per heavy atom. The van der Waals surface area contributed by atoms with E-state index in [1.807, 2.05) is 36.4 Å². The van der Waals surface area contributed by atoms with Gasteiger partial charge in [-0.3, -0.25) is 0 Å². The molecule has 0 aliphatic carbocycles. The van der Waals surface area contributed by atoms with Crippen LogP contribution in [0.5, 0.6) is 0 Å². The quantitative estimate of drug-likeness (QED) is 0.0371. The molecule has 2 aromatic heterocycles. The number of hydrogen-bond acceptors (Lipinski definition) is 5. The summed E-state index contributed by atoms with van der Waals surface area (Å²) in [6.07, 6.45) is 0. The lowest BCUT2D eigenvalue weighted by molar-refractivity contribution is 0.668. The summed E-state index contributed by atoms with van der Waals surface area (Å²) >= 11 is 0. The molecule has 0 saturated heterocycles. The molecule has 8 heteroatoms. The third-order valence-corrected chi connectivity index (χ3v) is 35.4. The van der Waals surface area contributed by atoms with Gasteiger partial charge in [-0.25, -0.2) is 4.85 Å². The van der Waals surface area contributed by atoms with Crippen LogP contribution in [0.15, 0.2) is 361 Å². The van der Waals surface area contributed by atoms with Crippen LogP contribution in [-0.2, 0) is 0 Å². The molecule has 586 valence electrons. The highest BCUT2D eigenvalue weighted by atomic mass is 28.3. The molecule has 0 aliphatic rings. The van der Waals surface area contributed by atoms with Gasteiger partial charge in [0.1, 0.15) is 17.2 Å². The Hall–Kier alpha value is -14.4. The molecule has 20 rings (SSSR count). The van der Waals surface area contributed by atoms with E-state index in [-0.39, 0.29) is 11.8 Å². The Morgan fingerprint density at radius 2 is 0.590 bits per heavy atom. The van der Waals surface area contributed by atoms with Crippen LogP contribution in [0, 0.1) is 59.4 Å². The van der Waals surface area contributed by atoms with Gasteiger partial charge in [0.15, 0.2) is 27.3 Å². The number of rotatable bonds is 18. The molecule has 0 spiro atoms. The number of furan rings is 2. The summed E-state index contributed by atoms with van der Waals surface area (Å²) in [6.45, 7) is 31.5. The second-order valence-electron chi connectivity index (χ2n) is 34.0. The van der Waals surface area contributed by atoms with Gasteiger partial charge in [-0.15, -0.1) is 0 Å². The average Bonchev–Trinajstić information content (AvgIpc) is 0.797. The monoisotopic (exact) mass is 1600 g/mol. The standard InChI is InChI=1S/C114H90N4O2Si2/c1-71(2)100-68-106(117(103-22-16-20-96-92-18-12-14-24-109(92)119-113(96)103)105-66-81(38-39-83(105)70-115)79-40-57-90(58-41-79)121(84-45-26-73(5)27-46-84,85-47-28-74(6)29-48-85)86-49-30-75(7)31-50-86)98-63-61-95-101(72(3)4)69-107(99-64-62-94(100)111(98)112(95)99)118(104-23-17-21-97-93-19-13-15-25-110(93)120-114(97)104)108-67-82(44-65-102(108)116-11)80-42-59-91(60-43-80)122(87-51-32-76(8)33-52-87,88-53-34-77(9)35-54-88)89-55-36-78(10)37-56-89/h12-69,71-72H,1-10H3. The molecule has 18 aromatic carbocycles. The first-order valence-electron chi connectivity index (χ1n) is 42.4. The van der Waals surface area contributed by atoms with Crippen LogP contribution in [0.2, 0.25) is 0 Å². The maximum Gasteiger partial charge on any atom is 0.210 e. The highest BCUT2D eigenvalue weighted by Crippen LogP contribution is 2.55. The lowest BCUT2D eigenvalue weighted by Gasteiger charge is -2.35. The Kier molecular flexibility index (Phi) is 19.0. The van der Waals surface area contributed by atoms with Crippen molar-refractivity contribution in [2.24, 2.45) is 0 Å². The first-order valence-corrected chi connectivity index (χ1v) is 46.4. The van der Waals surface area contributed by atoms with Crippen molar-refractivity contribution in [2.45, 2.75) is 81.1 Å². The van der Waals surface area contributed by atoms with E-state index in [1.165, 1.54) is 74.9 Å². The number of hydrogen-bond donors (Lipinski definition) is 0. The smallest absolute Gasteiger partial charge is 0.210 e. The van der Waals surface area contributed by atoms with Gasteiger partial charge in [0.05, 0.1) is 46.3 Å². The van der Waals surface area contributed by atoms with Crippen LogP contribution in [-0.4, -0.2) is 16.1 Å². The van der Waals surface area contributed by atoms with Crippen molar-refractivity contribution in [3.05, 3.63) is 413 Å². The molecular formula is C114H90N4O2Si2. The molecule has 0 atom stereocenters. The van der Waals surface area contributed by atoms with Crippen molar-refractivity contribution in [3.8, 4) is 28.3 Å². The number of benzene rings is 18. The van der Waals surface area contributed by atoms with Gasteiger partial charge in [0.25, 0.3) is 0 Å². The van der Waals surface area contributed by atoms with E-state index < -0.39 is 16.1 Å². The molecule has 2 heterocycles. The molecule has 0 saturated carbocycles. The lowest BCUT2D eigenvalue weighted by atomic mass is 9.84. The van der Waals surface area contributed by atoms with Crippen LogP contribution >= 0.6 is 0 Å². The molecule has 0 N–H and O–H groups in total. The highest BCUT2D eigenvalue weighted by molar-refractivity contribution is 7.20. The van der Waals surface area contributed by atoms with Gasteiger partial charge in [-0.1, -0.05) is 358 Å². The fourth-order valence-corrected chi connectivity index (χ4v) is 28.9. The van der Waals surface area contributed by atoms with E-state index in [9.17, 15) is 11.8 Å². The van der Waals surface area contributed by atoms with Gasteiger partial charge >= 0.3 is 0 Å². The maximum atomic E-state index is 11.9. The lowest BCUT2D eigenvalue weighted by Crippen LogP contribution is -2.74. The van der Waals surface area contributed by atoms with Gasteiger partial charge in [0, 0.05) is 32.3 Å². The van der Waals surface area contributed by atoms with Gasteiger partial charge < -0.3 is 18.6 Å². The normalized spacial score (nSPS) is 12.0. The number of nitriles is 1. The van der Waals surface area contributed by atoms with Crippen LogP contribution in [0.25, 0.3) is 103 Å². The van der Waals surface area contributed by atoms with E-state index in [4.69, 9.17) is 8.83 Å². The summed E-state index contributed by atoms with van der Waals surface area (Å²) in [5, 5.41) is 32.8. The maximum absolute atomic E-state index is 11.9. The minimum atomic E-state index is -2.94. The predicted molar refractivity (Wildman–Crippen MR) is 520 cm³/mol. The second-order valence-corrected chi connectivity index (χ2v) is 41.7. The summed E-state index contributed by atoms with van der Waals surface area (Å²) in [5.74, 6) is 0.0734. The minimum absolute atomic E-state index is 0.0358. The zero-order valence-electron chi connectivity index (χ0n) is 70.2. The van der Waals surface area contributed by atoms with Crippen LogP contribution < -0.4 is 51.3 Å². The largest absolute Gasteiger partial charge is 0.454 e. The number of para-hydroxylation sites is 4. The summed E-state index contributed by atoms with van der Waals surface area (Å²) < 4.78 is 14.3. The molecule has 0 bridgehead atoms. The number of fused-ring (bicyclic) bond motifs is 6. The first kappa shape index (κ1) is 76.3. The van der Waals surface area contributed by atoms with E-state index in [2.05, 4.69) is 405 Å². The van der Waals surface area contributed by atoms with Crippen LogP contribution in [0.4, 0.5) is 39.8 Å². The predicted octanol–water partition coefficient (Wildman–Crippen LogP) is 25.9. The van der Waals surface area contributed by atoms with E-state index in [0.29, 0.717) is 22.4 Å². The van der Waals surface area contributed by atoms with Crippen molar-refractivity contribution in [1.29, 1.82) is 5.26 Å². The molecule has 6 nitrogen and oxygen atoms in total. The third kappa shape index (κ3) is 12.5. The zero-order valence-corrected chi connectivity index (χ0v) is 72.2. The Bertz CT molecular complexity index is 6880. The summed E-state index contributed by atoms with van der Waals surface area (Å²) in [4.78, 5) is 9.15. The second kappa shape index (κ2) is 30.5. The van der Waals surface area contributed by atoms with Gasteiger partial charge in [-0.2, -0.15) is 5.26 Å². The van der Waals surface area contributed by atoms with Crippen molar-refractivity contribution in [2.75, 3.05) is 9.80 Å². The molecule has 20 aromatic rings. The topological polar surface area (TPSA) is 60.9 Å². The molecule has 0 fully saturated rings. The SMILES string of the molecule is [C-]#[N+]c1ccc(-c2ccc([Si](c3ccc(C)cc3)(c3ccc(C)cc3)c3ccc(C)cc3)cc2)cc1N(c1cc(C(C)C)c2ccc3c(N(c4cc(-c5ccc([Si](c6ccc(C)cc6)(c6ccc(C)cc6)c6ccc(C)cc6)cc5)ccc4C#N)c4cccc5c4oc4ccccc45)cc(C(C)C)c4ccc1c2c43)c1cccc2c1oc1ccccc12. The van der Waals surface area contributed by atoms with Gasteiger partial charge in [-0.05, 0) is 204 Å². The third-order valence-electron chi connectivity index (χ3n) is 25.8. The molecule has 0 radical (unpaired) electrons. The van der Waals surface area contributed by atoms with Crippen molar-refractivity contribution in [1.82, 2.24) is 0 Å². The van der Waals surface area contributed by atoms with E-state index >= 15 is 0 Å². The molecular weight excluding hydrogens is 1510 g/mol. The number of nitrogens with zero attached hydrogens (tertiary/aromatic N) is 4. The first-order chi connectivity index (χ1) is 59.5. The van der Waals surface area contributed by atoms with Crippen molar-refractivity contribution < 1.29 is 8.83 Å². The van der Waals surface area contributed by atoms with Gasteiger partial charge in [0.2, 0.25) is 5.69 Å². The molecule has 0 aliphatic heterocycles. The number of anilines is 6. The Balaban J connectivity index is 0.811. The van der Waals surface area contributed by atoms with E-state index in [1.54, 1.807) is 0 Å². The summed E-state index contributed by atoms with van der Waals surface area (Å²) in [7, 11) is -5.88.